The van der Waals surface area contributed by atoms with E-state index in [1.165, 1.54) is 4.90 Å². The molecule has 1 aliphatic heterocycles. The average Bonchev–Trinajstić information content (AvgIpc) is 2.72. The normalized spacial score (nSPS) is 21.8. The van der Waals surface area contributed by atoms with E-state index in [9.17, 15) is 14.4 Å². The van der Waals surface area contributed by atoms with Gasteiger partial charge in [-0.15, -0.1) is 0 Å². The Bertz CT molecular complexity index is 298. The topological polar surface area (TPSA) is 92.5 Å². The molecule has 1 heterocycles. The lowest BCUT2D eigenvalue weighted by Gasteiger charge is -2.25. The standard InChI is InChI=1S/C9H14BN3O3/c10-12-7(4-8(11)15)9(16)13-3-1-2-6(13)5-14/h5-7,12H,1-4H2,(H2,11,15). The van der Waals surface area contributed by atoms with Crippen molar-refractivity contribution in [3.05, 3.63) is 0 Å². The molecule has 0 aromatic carbocycles. The number of likely N-dealkylation sites (tertiary alicyclic amines) is 1. The number of nitrogens with one attached hydrogen (secondary N) is 1. The van der Waals surface area contributed by atoms with Gasteiger partial charge in [-0.05, 0) is 12.8 Å². The number of carbonyl (C=O) groups excluding carboxylic acids is 3. The fourth-order valence-electron chi connectivity index (χ4n) is 1.83. The Morgan fingerprint density at radius 2 is 2.31 bits per heavy atom. The first-order valence-electron chi connectivity index (χ1n) is 5.10. The molecule has 1 fully saturated rings. The maximum atomic E-state index is 11.9. The Morgan fingerprint density at radius 1 is 1.62 bits per heavy atom. The van der Waals surface area contributed by atoms with Gasteiger partial charge in [0.25, 0.3) is 0 Å². The molecule has 86 valence electrons. The molecule has 0 spiro atoms. The minimum absolute atomic E-state index is 0.169. The lowest BCUT2D eigenvalue weighted by atomic mass is 10.1. The Morgan fingerprint density at radius 3 is 2.81 bits per heavy atom. The quantitative estimate of drug-likeness (QED) is 0.420. The number of hydrogen-bond donors (Lipinski definition) is 2. The molecule has 2 radical (unpaired) electrons. The van der Waals surface area contributed by atoms with E-state index in [4.69, 9.17) is 13.7 Å². The molecule has 16 heavy (non-hydrogen) atoms. The van der Waals surface area contributed by atoms with Crippen LogP contribution in [0, 0.1) is 0 Å². The molecule has 0 bridgehead atoms. The van der Waals surface area contributed by atoms with Crippen LogP contribution in [0.25, 0.3) is 0 Å². The van der Waals surface area contributed by atoms with Crippen LogP contribution in [0.1, 0.15) is 19.3 Å². The van der Waals surface area contributed by atoms with Crippen molar-refractivity contribution in [3.63, 3.8) is 0 Å². The number of hydrogen-bond acceptors (Lipinski definition) is 4. The van der Waals surface area contributed by atoms with Crippen molar-refractivity contribution < 1.29 is 14.4 Å². The monoisotopic (exact) mass is 223 g/mol. The minimum atomic E-state index is -0.849. The van der Waals surface area contributed by atoms with E-state index < -0.39 is 18.0 Å². The molecule has 1 saturated heterocycles. The molecule has 6 nitrogen and oxygen atoms in total. The highest BCUT2D eigenvalue weighted by Crippen LogP contribution is 2.16. The van der Waals surface area contributed by atoms with E-state index in [-0.39, 0.29) is 12.3 Å². The molecule has 1 rings (SSSR count). The Kier molecular flexibility index (Phi) is 4.48. The Labute approximate surface area is 95.0 Å². The molecule has 3 N–H and O–H groups in total. The third-order valence-corrected chi connectivity index (χ3v) is 2.64. The first-order valence-corrected chi connectivity index (χ1v) is 5.10. The second-order valence-corrected chi connectivity index (χ2v) is 3.77. The number of primary amides is 1. The van der Waals surface area contributed by atoms with E-state index in [1.807, 2.05) is 0 Å². The van der Waals surface area contributed by atoms with Crippen LogP contribution in [0.15, 0.2) is 0 Å². The number of amides is 2. The van der Waals surface area contributed by atoms with E-state index in [0.717, 1.165) is 12.7 Å². The molecule has 0 saturated carbocycles. The summed E-state index contributed by atoms with van der Waals surface area (Å²) in [5.74, 6) is -0.964. The zero-order chi connectivity index (χ0) is 12.1. The van der Waals surface area contributed by atoms with Crippen LogP contribution >= 0.6 is 0 Å². The van der Waals surface area contributed by atoms with Gasteiger partial charge in [0.2, 0.25) is 11.8 Å². The van der Waals surface area contributed by atoms with Crippen molar-refractivity contribution in [1.82, 2.24) is 10.1 Å². The fraction of sp³-hybridized carbons (Fsp3) is 0.667. The summed E-state index contributed by atoms with van der Waals surface area (Å²) in [6.45, 7) is 0.513. The highest BCUT2D eigenvalue weighted by atomic mass is 16.2. The average molecular weight is 223 g/mol. The van der Waals surface area contributed by atoms with E-state index in [1.54, 1.807) is 0 Å². The molecular weight excluding hydrogens is 209 g/mol. The van der Waals surface area contributed by atoms with Crippen LogP contribution in [-0.2, 0) is 14.4 Å². The van der Waals surface area contributed by atoms with Gasteiger partial charge in [0.05, 0.1) is 12.1 Å². The first-order chi connectivity index (χ1) is 7.60. The molecule has 2 atom stereocenters. The number of nitrogens with zero attached hydrogens (tertiary/aromatic N) is 1. The molecular formula is C9H14BN3O3. The van der Waals surface area contributed by atoms with Gasteiger partial charge in [0.15, 0.2) is 7.98 Å². The molecule has 0 aromatic rings. The molecule has 2 amide bonds. The van der Waals surface area contributed by atoms with Crippen LogP contribution in [-0.4, -0.2) is 49.6 Å². The minimum Gasteiger partial charge on any atom is -0.370 e. The van der Waals surface area contributed by atoms with Crippen molar-refractivity contribution >= 4 is 26.1 Å². The van der Waals surface area contributed by atoms with Gasteiger partial charge in [-0.1, -0.05) is 0 Å². The molecule has 1 aliphatic rings. The van der Waals surface area contributed by atoms with Crippen LogP contribution in [0.5, 0.6) is 0 Å². The molecule has 2 unspecified atom stereocenters. The smallest absolute Gasteiger partial charge is 0.239 e. The zero-order valence-electron chi connectivity index (χ0n) is 8.89. The number of nitrogens with two attached hydrogens (primary N) is 1. The Balaban J connectivity index is 2.66. The maximum absolute atomic E-state index is 11.9. The van der Waals surface area contributed by atoms with Crippen molar-refractivity contribution in [2.45, 2.75) is 31.3 Å². The molecule has 0 aliphatic carbocycles. The first kappa shape index (κ1) is 12.7. The largest absolute Gasteiger partial charge is 0.370 e. The lowest BCUT2D eigenvalue weighted by molar-refractivity contribution is -0.137. The highest BCUT2D eigenvalue weighted by Gasteiger charge is 2.32. The Hall–Kier alpha value is -1.37. The van der Waals surface area contributed by atoms with Gasteiger partial charge < -0.3 is 20.7 Å². The molecule has 7 heteroatoms. The summed E-state index contributed by atoms with van der Waals surface area (Å²) >= 11 is 0. The van der Waals surface area contributed by atoms with Crippen LogP contribution in [0.4, 0.5) is 0 Å². The van der Waals surface area contributed by atoms with E-state index >= 15 is 0 Å². The number of carbonyl (C=O) groups is 3. The van der Waals surface area contributed by atoms with Gasteiger partial charge in [0.1, 0.15) is 6.29 Å². The third-order valence-electron chi connectivity index (χ3n) is 2.64. The summed E-state index contributed by atoms with van der Waals surface area (Å²) < 4.78 is 0. The zero-order valence-corrected chi connectivity index (χ0v) is 8.89. The van der Waals surface area contributed by atoms with Gasteiger partial charge in [-0.25, -0.2) is 0 Å². The summed E-state index contributed by atoms with van der Waals surface area (Å²) in [4.78, 5) is 34.8. The highest BCUT2D eigenvalue weighted by molar-refractivity contribution is 6.07. The summed E-state index contributed by atoms with van der Waals surface area (Å²) in [5, 5.41) is 2.25. The van der Waals surface area contributed by atoms with Gasteiger partial charge in [0, 0.05) is 13.0 Å². The van der Waals surface area contributed by atoms with E-state index in [2.05, 4.69) is 5.23 Å². The number of rotatable bonds is 5. The van der Waals surface area contributed by atoms with Crippen LogP contribution in [0.3, 0.4) is 0 Å². The van der Waals surface area contributed by atoms with Gasteiger partial charge in [-0.2, -0.15) is 0 Å². The summed E-state index contributed by atoms with van der Waals surface area (Å²) in [6, 6.07) is -1.26. The fourth-order valence-corrected chi connectivity index (χ4v) is 1.83. The van der Waals surface area contributed by atoms with Crippen molar-refractivity contribution in [3.8, 4) is 0 Å². The number of aldehydes is 1. The van der Waals surface area contributed by atoms with Crippen LogP contribution in [0.2, 0.25) is 0 Å². The van der Waals surface area contributed by atoms with Crippen LogP contribution < -0.4 is 11.0 Å². The second-order valence-electron chi connectivity index (χ2n) is 3.77. The summed E-state index contributed by atoms with van der Waals surface area (Å²) in [6.07, 6.45) is 2.01. The van der Waals surface area contributed by atoms with Crippen molar-refractivity contribution in [2.75, 3.05) is 6.54 Å². The van der Waals surface area contributed by atoms with Gasteiger partial charge in [-0.3, -0.25) is 9.59 Å². The lowest BCUT2D eigenvalue weighted by Crippen LogP contribution is -2.49. The maximum Gasteiger partial charge on any atom is 0.239 e. The SMILES string of the molecule is [B]NC(CC(N)=O)C(=O)N1CCCC1C=O. The predicted octanol–water partition coefficient (Wildman–Crippen LogP) is -1.91. The summed E-state index contributed by atoms with van der Waals surface area (Å²) in [7, 11) is 5.18. The van der Waals surface area contributed by atoms with Gasteiger partial charge >= 0.3 is 0 Å². The predicted molar refractivity (Wildman–Crippen MR) is 57.3 cm³/mol. The summed E-state index contributed by atoms with van der Waals surface area (Å²) in [5.41, 5.74) is 5.00. The van der Waals surface area contributed by atoms with Crippen molar-refractivity contribution in [1.29, 1.82) is 0 Å². The molecule has 0 aromatic heterocycles. The van der Waals surface area contributed by atoms with E-state index in [0.29, 0.717) is 13.0 Å². The third kappa shape index (κ3) is 2.82. The second kappa shape index (κ2) is 5.65. The van der Waals surface area contributed by atoms with Crippen molar-refractivity contribution in [2.24, 2.45) is 5.73 Å².